The molecule has 1 fully saturated rings. The molecule has 0 saturated heterocycles. The van der Waals surface area contributed by atoms with Crippen LogP contribution in [0.4, 0.5) is 0 Å². The smallest absolute Gasteiger partial charge is 0.0808 e. The first-order valence-electron chi connectivity index (χ1n) is 6.43. The lowest BCUT2D eigenvalue weighted by Gasteiger charge is -2.34. The second kappa shape index (κ2) is 7.97. The molecule has 0 spiro atoms. The Hall–Kier alpha value is -0.200. The van der Waals surface area contributed by atoms with Gasteiger partial charge in [0, 0.05) is 6.04 Å². The number of thioether (sulfide) groups is 1. The van der Waals surface area contributed by atoms with Gasteiger partial charge in [-0.05, 0) is 37.0 Å². The van der Waals surface area contributed by atoms with E-state index in [1.165, 1.54) is 25.7 Å². The molecule has 3 heteroatoms. The maximum Gasteiger partial charge on any atom is 0.0808 e. The van der Waals surface area contributed by atoms with Gasteiger partial charge in [-0.1, -0.05) is 26.7 Å². The quantitative estimate of drug-likeness (QED) is 0.725. The molecule has 1 aliphatic carbocycles. The molecule has 1 saturated carbocycles. The van der Waals surface area contributed by atoms with Crippen LogP contribution in [0.25, 0.3) is 0 Å². The van der Waals surface area contributed by atoms with E-state index in [4.69, 9.17) is 5.26 Å². The van der Waals surface area contributed by atoms with Crippen molar-refractivity contribution < 1.29 is 0 Å². The summed E-state index contributed by atoms with van der Waals surface area (Å²) in [4.78, 5) is 0. The highest BCUT2D eigenvalue weighted by Crippen LogP contribution is 2.29. The van der Waals surface area contributed by atoms with E-state index in [-0.39, 0.29) is 0 Å². The highest BCUT2D eigenvalue weighted by molar-refractivity contribution is 7.99. The number of rotatable bonds is 6. The largest absolute Gasteiger partial charge is 0.314 e. The molecule has 0 heterocycles. The molecule has 1 rings (SSSR count). The normalized spacial score (nSPS) is 29.9. The molecule has 16 heavy (non-hydrogen) atoms. The van der Waals surface area contributed by atoms with Crippen LogP contribution in [-0.4, -0.2) is 24.1 Å². The molecule has 0 radical (unpaired) electrons. The van der Waals surface area contributed by atoms with Crippen molar-refractivity contribution in [3.8, 4) is 6.07 Å². The zero-order chi connectivity index (χ0) is 11.8. The summed E-state index contributed by atoms with van der Waals surface area (Å²) < 4.78 is 0. The van der Waals surface area contributed by atoms with Crippen LogP contribution >= 0.6 is 11.8 Å². The van der Waals surface area contributed by atoms with Crippen LogP contribution < -0.4 is 5.32 Å². The third kappa shape index (κ3) is 4.76. The summed E-state index contributed by atoms with van der Waals surface area (Å²) in [5, 5.41) is 12.1. The zero-order valence-electron chi connectivity index (χ0n) is 10.5. The molecule has 3 atom stereocenters. The van der Waals surface area contributed by atoms with E-state index in [0.29, 0.717) is 5.75 Å². The van der Waals surface area contributed by atoms with Gasteiger partial charge in [0.05, 0.1) is 11.8 Å². The summed E-state index contributed by atoms with van der Waals surface area (Å²) in [6, 6.07) is 2.89. The highest BCUT2D eigenvalue weighted by atomic mass is 32.2. The maximum absolute atomic E-state index is 8.40. The summed E-state index contributed by atoms with van der Waals surface area (Å²) in [5.74, 6) is 3.44. The van der Waals surface area contributed by atoms with E-state index in [2.05, 4.69) is 25.2 Å². The van der Waals surface area contributed by atoms with Gasteiger partial charge in [-0.25, -0.2) is 0 Å². The van der Waals surface area contributed by atoms with E-state index < -0.39 is 0 Å². The molecule has 1 N–H and O–H groups in total. The Morgan fingerprint density at radius 2 is 2.19 bits per heavy atom. The summed E-state index contributed by atoms with van der Waals surface area (Å²) >= 11 is 1.74. The lowest BCUT2D eigenvalue weighted by Crippen LogP contribution is -2.41. The minimum atomic E-state index is 0.636. The molecule has 0 aromatic rings. The van der Waals surface area contributed by atoms with Crippen LogP contribution in [0, 0.1) is 23.2 Å². The Bertz CT molecular complexity index is 224. The van der Waals surface area contributed by atoms with Gasteiger partial charge >= 0.3 is 0 Å². The summed E-state index contributed by atoms with van der Waals surface area (Å²) in [7, 11) is 0. The Morgan fingerprint density at radius 1 is 1.38 bits per heavy atom. The zero-order valence-corrected chi connectivity index (χ0v) is 11.4. The Labute approximate surface area is 104 Å². The van der Waals surface area contributed by atoms with Gasteiger partial charge in [-0.3, -0.25) is 0 Å². The van der Waals surface area contributed by atoms with Crippen LogP contribution in [0.15, 0.2) is 0 Å². The standard InChI is InChI=1S/C13H24N2S/c1-11-5-3-6-13(12(11)2)15-8-4-9-16-10-7-14/h11-13,15H,3-6,8-10H2,1-2H3/t11-,12-,13-/m1/s1. The first-order valence-corrected chi connectivity index (χ1v) is 7.59. The Morgan fingerprint density at radius 3 is 2.94 bits per heavy atom. The molecule has 0 aromatic carbocycles. The molecular formula is C13H24N2S. The lowest BCUT2D eigenvalue weighted by molar-refractivity contribution is 0.207. The SMILES string of the molecule is C[C@@H]1[C@H](C)CCC[C@H]1NCCCSCC#N. The average molecular weight is 240 g/mol. The van der Waals surface area contributed by atoms with Gasteiger partial charge < -0.3 is 5.32 Å². The minimum absolute atomic E-state index is 0.636. The maximum atomic E-state index is 8.40. The first-order chi connectivity index (χ1) is 7.75. The van der Waals surface area contributed by atoms with Gasteiger partial charge in [0.1, 0.15) is 0 Å². The van der Waals surface area contributed by atoms with Crippen molar-refractivity contribution in [2.24, 2.45) is 11.8 Å². The molecule has 2 nitrogen and oxygen atoms in total. The summed E-state index contributed by atoms with van der Waals surface area (Å²) in [5.41, 5.74) is 0. The van der Waals surface area contributed by atoms with Crippen LogP contribution in [-0.2, 0) is 0 Å². The van der Waals surface area contributed by atoms with E-state index in [1.807, 2.05) is 0 Å². The van der Waals surface area contributed by atoms with E-state index >= 15 is 0 Å². The van der Waals surface area contributed by atoms with Crippen LogP contribution in [0.2, 0.25) is 0 Å². The average Bonchev–Trinajstić information content (AvgIpc) is 2.29. The molecule has 92 valence electrons. The number of nitrogens with one attached hydrogen (secondary N) is 1. The van der Waals surface area contributed by atoms with Crippen molar-refractivity contribution in [3.63, 3.8) is 0 Å². The predicted octanol–water partition coefficient (Wildman–Crippen LogP) is 3.05. The number of nitrogens with zero attached hydrogens (tertiary/aromatic N) is 1. The lowest BCUT2D eigenvalue weighted by atomic mass is 9.78. The van der Waals surface area contributed by atoms with E-state index in [1.54, 1.807) is 11.8 Å². The topological polar surface area (TPSA) is 35.8 Å². The second-order valence-electron chi connectivity index (χ2n) is 4.89. The number of hydrogen-bond donors (Lipinski definition) is 1. The minimum Gasteiger partial charge on any atom is -0.314 e. The Kier molecular flexibility index (Phi) is 6.91. The fourth-order valence-electron chi connectivity index (χ4n) is 2.45. The molecule has 0 amide bonds. The van der Waals surface area contributed by atoms with Crippen molar-refractivity contribution in [3.05, 3.63) is 0 Å². The molecule has 0 unspecified atom stereocenters. The second-order valence-corrected chi connectivity index (χ2v) is 6.00. The molecule has 0 bridgehead atoms. The van der Waals surface area contributed by atoms with Crippen LogP contribution in [0.5, 0.6) is 0 Å². The van der Waals surface area contributed by atoms with Crippen molar-refractivity contribution in [2.45, 2.75) is 45.6 Å². The number of nitriles is 1. The summed E-state index contributed by atoms with van der Waals surface area (Å²) in [6.45, 7) is 5.87. The van der Waals surface area contributed by atoms with Gasteiger partial charge in [0.2, 0.25) is 0 Å². The summed E-state index contributed by atoms with van der Waals surface area (Å²) in [6.07, 6.45) is 5.31. The van der Waals surface area contributed by atoms with Crippen molar-refractivity contribution in [2.75, 3.05) is 18.1 Å². The van der Waals surface area contributed by atoms with Gasteiger partial charge in [0.15, 0.2) is 0 Å². The van der Waals surface area contributed by atoms with Crippen molar-refractivity contribution >= 4 is 11.8 Å². The fraction of sp³-hybridized carbons (Fsp3) is 0.923. The monoisotopic (exact) mass is 240 g/mol. The van der Waals surface area contributed by atoms with Crippen LogP contribution in [0.1, 0.15) is 39.5 Å². The molecule has 1 aliphatic rings. The Balaban J connectivity index is 2.06. The highest BCUT2D eigenvalue weighted by Gasteiger charge is 2.25. The third-order valence-corrected chi connectivity index (χ3v) is 4.66. The van der Waals surface area contributed by atoms with Gasteiger partial charge in [-0.15, -0.1) is 11.8 Å². The molecule has 0 aromatic heterocycles. The van der Waals surface area contributed by atoms with Crippen molar-refractivity contribution in [1.29, 1.82) is 5.26 Å². The van der Waals surface area contributed by atoms with Crippen molar-refractivity contribution in [1.82, 2.24) is 5.32 Å². The van der Waals surface area contributed by atoms with Gasteiger partial charge in [0.25, 0.3) is 0 Å². The predicted molar refractivity (Wildman–Crippen MR) is 71.5 cm³/mol. The molecular weight excluding hydrogens is 216 g/mol. The first kappa shape index (κ1) is 13.9. The van der Waals surface area contributed by atoms with Gasteiger partial charge in [-0.2, -0.15) is 5.26 Å². The fourth-order valence-corrected chi connectivity index (χ4v) is 3.03. The molecule has 0 aliphatic heterocycles. The van der Waals surface area contributed by atoms with E-state index in [0.717, 1.165) is 30.2 Å². The van der Waals surface area contributed by atoms with E-state index in [9.17, 15) is 0 Å². The van der Waals surface area contributed by atoms with Crippen LogP contribution in [0.3, 0.4) is 0 Å². The number of hydrogen-bond acceptors (Lipinski definition) is 3. The third-order valence-electron chi connectivity index (χ3n) is 3.75.